The van der Waals surface area contributed by atoms with E-state index in [-0.39, 0.29) is 10.7 Å². The van der Waals surface area contributed by atoms with Gasteiger partial charge in [0.15, 0.2) is 0 Å². The number of halogens is 4. The van der Waals surface area contributed by atoms with Crippen molar-refractivity contribution in [3.05, 3.63) is 40.0 Å². The van der Waals surface area contributed by atoms with Crippen molar-refractivity contribution in [3.63, 3.8) is 0 Å². The Labute approximate surface area is 137 Å². The quantitative estimate of drug-likeness (QED) is 0.859. The van der Waals surface area contributed by atoms with E-state index in [9.17, 15) is 13.2 Å². The molecule has 2 aromatic rings. The van der Waals surface area contributed by atoms with Crippen molar-refractivity contribution in [2.24, 2.45) is 0 Å². The Balaban J connectivity index is 2.13. The van der Waals surface area contributed by atoms with Gasteiger partial charge in [-0.2, -0.15) is 18.3 Å². The molecule has 7 heteroatoms. The molecular weight excluding hydrogens is 327 g/mol. The third-order valence-electron chi connectivity index (χ3n) is 3.99. The lowest BCUT2D eigenvalue weighted by Gasteiger charge is -2.15. The van der Waals surface area contributed by atoms with Gasteiger partial charge in [-0.05, 0) is 37.5 Å². The van der Waals surface area contributed by atoms with E-state index in [4.69, 9.17) is 11.6 Å². The predicted octanol–water partition coefficient (Wildman–Crippen LogP) is 4.86. The van der Waals surface area contributed by atoms with Crippen molar-refractivity contribution in [2.75, 3.05) is 11.9 Å². The van der Waals surface area contributed by atoms with Crippen LogP contribution in [0.25, 0.3) is 5.69 Å². The van der Waals surface area contributed by atoms with Crippen molar-refractivity contribution >= 4 is 17.4 Å². The van der Waals surface area contributed by atoms with Crippen LogP contribution in [0.1, 0.15) is 36.6 Å². The second-order valence-electron chi connectivity index (χ2n) is 5.63. The van der Waals surface area contributed by atoms with Crippen molar-refractivity contribution < 1.29 is 13.2 Å². The van der Waals surface area contributed by atoms with Crippen molar-refractivity contribution in [2.45, 2.75) is 38.8 Å². The van der Waals surface area contributed by atoms with Crippen molar-refractivity contribution in [1.82, 2.24) is 9.78 Å². The van der Waals surface area contributed by atoms with Crippen molar-refractivity contribution in [3.8, 4) is 5.69 Å². The summed E-state index contributed by atoms with van der Waals surface area (Å²) < 4.78 is 41.4. The highest BCUT2D eigenvalue weighted by Gasteiger charge is 2.36. The molecule has 3 nitrogen and oxygen atoms in total. The summed E-state index contributed by atoms with van der Waals surface area (Å²) in [5, 5.41) is 7.67. The largest absolute Gasteiger partial charge is 0.418 e. The fourth-order valence-corrected chi connectivity index (χ4v) is 3.06. The zero-order valence-corrected chi connectivity index (χ0v) is 13.4. The van der Waals surface area contributed by atoms with Gasteiger partial charge in [-0.3, -0.25) is 0 Å². The van der Waals surface area contributed by atoms with Crippen LogP contribution in [0.15, 0.2) is 18.2 Å². The van der Waals surface area contributed by atoms with E-state index in [0.29, 0.717) is 5.82 Å². The second kappa shape index (κ2) is 6.07. The number of rotatable bonds is 4. The maximum atomic E-state index is 13.4. The molecule has 0 saturated heterocycles. The minimum Gasteiger partial charge on any atom is -0.369 e. The zero-order chi connectivity index (χ0) is 16.6. The maximum Gasteiger partial charge on any atom is 0.418 e. The highest BCUT2D eigenvalue weighted by Crippen LogP contribution is 2.38. The summed E-state index contributed by atoms with van der Waals surface area (Å²) in [6.07, 6.45) is -0.924. The number of alkyl halides is 3. The molecule has 1 N–H and O–H groups in total. The summed E-state index contributed by atoms with van der Waals surface area (Å²) in [6, 6.07) is 3.79. The van der Waals surface area contributed by atoms with Gasteiger partial charge in [0.05, 0.1) is 16.9 Å². The summed E-state index contributed by atoms with van der Waals surface area (Å²) >= 11 is 5.76. The molecule has 0 amide bonds. The van der Waals surface area contributed by atoms with Crippen LogP contribution < -0.4 is 5.32 Å². The smallest absolute Gasteiger partial charge is 0.369 e. The van der Waals surface area contributed by atoms with Crippen LogP contribution in [0.5, 0.6) is 0 Å². The standard InChI is InChI=1S/C16H17ClF3N3/c1-2-3-4-13-11-7-8-21-15(11)23(22-13)14-6-5-10(17)9-12(14)16(18,19)20/h5-6,9,21H,2-4,7-8H2,1H3. The molecule has 1 aliphatic heterocycles. The van der Waals surface area contributed by atoms with Gasteiger partial charge in [0.2, 0.25) is 0 Å². The van der Waals surface area contributed by atoms with Crippen LogP contribution in [0.3, 0.4) is 0 Å². The minimum atomic E-state index is -4.48. The maximum absolute atomic E-state index is 13.4. The number of hydrogen-bond donors (Lipinski definition) is 1. The second-order valence-corrected chi connectivity index (χ2v) is 6.06. The van der Waals surface area contributed by atoms with Crippen LogP contribution in [0, 0.1) is 0 Å². The molecule has 0 bridgehead atoms. The van der Waals surface area contributed by atoms with Gasteiger partial charge < -0.3 is 5.32 Å². The Bertz CT molecular complexity index is 722. The lowest BCUT2D eigenvalue weighted by atomic mass is 10.1. The number of aromatic nitrogens is 2. The number of unbranched alkanes of at least 4 members (excludes halogenated alkanes) is 1. The Morgan fingerprint density at radius 3 is 2.83 bits per heavy atom. The van der Waals surface area contributed by atoms with Gasteiger partial charge in [0.25, 0.3) is 0 Å². The number of benzene rings is 1. The summed E-state index contributed by atoms with van der Waals surface area (Å²) in [7, 11) is 0. The molecule has 2 heterocycles. The van der Waals surface area contributed by atoms with Gasteiger partial charge in [-0.1, -0.05) is 24.9 Å². The number of anilines is 1. The lowest BCUT2D eigenvalue weighted by molar-refractivity contribution is -0.137. The Morgan fingerprint density at radius 1 is 1.35 bits per heavy atom. The molecule has 0 fully saturated rings. The molecular formula is C16H17ClF3N3. The lowest BCUT2D eigenvalue weighted by Crippen LogP contribution is -2.13. The van der Waals surface area contributed by atoms with Crippen LogP contribution in [0.4, 0.5) is 19.0 Å². The number of fused-ring (bicyclic) bond motifs is 1. The van der Waals surface area contributed by atoms with Gasteiger partial charge in [0, 0.05) is 17.1 Å². The first-order valence-electron chi connectivity index (χ1n) is 7.63. The Hall–Kier alpha value is -1.69. The third kappa shape index (κ3) is 3.04. The molecule has 0 unspecified atom stereocenters. The molecule has 0 saturated carbocycles. The zero-order valence-electron chi connectivity index (χ0n) is 12.7. The van der Waals surface area contributed by atoms with Crippen LogP contribution in [-0.4, -0.2) is 16.3 Å². The predicted molar refractivity (Wildman–Crippen MR) is 84.4 cm³/mol. The van der Waals surface area contributed by atoms with Gasteiger partial charge in [-0.15, -0.1) is 0 Å². The molecule has 1 aromatic heterocycles. The highest BCUT2D eigenvalue weighted by molar-refractivity contribution is 6.30. The first-order valence-corrected chi connectivity index (χ1v) is 8.01. The van der Waals surface area contributed by atoms with E-state index in [0.717, 1.165) is 49.6 Å². The molecule has 0 spiro atoms. The third-order valence-corrected chi connectivity index (χ3v) is 4.23. The number of nitrogens with zero attached hydrogens (tertiary/aromatic N) is 2. The average molecular weight is 344 g/mol. The molecule has 23 heavy (non-hydrogen) atoms. The van der Waals surface area contributed by atoms with Crippen molar-refractivity contribution in [1.29, 1.82) is 0 Å². The Kier molecular flexibility index (Phi) is 4.27. The normalized spacial score (nSPS) is 14.0. The summed E-state index contributed by atoms with van der Waals surface area (Å²) in [4.78, 5) is 0. The van der Waals surface area contributed by atoms with E-state index < -0.39 is 11.7 Å². The molecule has 0 radical (unpaired) electrons. The average Bonchev–Trinajstić information content (AvgIpc) is 3.07. The van der Waals surface area contributed by atoms with Gasteiger partial charge in [-0.25, -0.2) is 4.68 Å². The van der Waals surface area contributed by atoms with E-state index in [1.54, 1.807) is 0 Å². The van der Waals surface area contributed by atoms with E-state index in [1.807, 2.05) is 0 Å². The molecule has 3 rings (SSSR count). The number of nitrogens with one attached hydrogen (secondary N) is 1. The van der Waals surface area contributed by atoms with Crippen LogP contribution in [-0.2, 0) is 19.0 Å². The molecule has 0 aliphatic carbocycles. The van der Waals surface area contributed by atoms with Crippen LogP contribution >= 0.6 is 11.6 Å². The minimum absolute atomic E-state index is 0.00954. The van der Waals surface area contributed by atoms with E-state index >= 15 is 0 Å². The summed E-state index contributed by atoms with van der Waals surface area (Å²) in [6.45, 7) is 2.80. The SMILES string of the molecule is CCCCc1nn(-c2ccc(Cl)cc2C(F)(F)F)c2c1CCN2. The monoisotopic (exact) mass is 343 g/mol. The topological polar surface area (TPSA) is 29.9 Å². The molecule has 124 valence electrons. The fourth-order valence-electron chi connectivity index (χ4n) is 2.89. The number of aryl methyl sites for hydroxylation is 1. The summed E-state index contributed by atoms with van der Waals surface area (Å²) in [5.41, 5.74) is 1.15. The van der Waals surface area contributed by atoms with Gasteiger partial charge >= 0.3 is 6.18 Å². The number of hydrogen-bond acceptors (Lipinski definition) is 2. The Morgan fingerprint density at radius 2 is 2.13 bits per heavy atom. The highest BCUT2D eigenvalue weighted by atomic mass is 35.5. The van der Waals surface area contributed by atoms with Gasteiger partial charge in [0.1, 0.15) is 5.82 Å². The van der Waals surface area contributed by atoms with Crippen LogP contribution in [0.2, 0.25) is 5.02 Å². The molecule has 1 aliphatic rings. The van der Waals surface area contributed by atoms with E-state index in [1.165, 1.54) is 16.8 Å². The summed E-state index contributed by atoms with van der Waals surface area (Å²) in [5.74, 6) is 0.670. The first-order chi connectivity index (χ1) is 10.9. The molecule has 0 atom stereocenters. The first kappa shape index (κ1) is 16.2. The van der Waals surface area contributed by atoms with E-state index in [2.05, 4.69) is 17.3 Å². The molecule has 1 aromatic carbocycles. The fraction of sp³-hybridized carbons (Fsp3) is 0.438.